The van der Waals surface area contributed by atoms with E-state index in [1.807, 2.05) is 0 Å². The quantitative estimate of drug-likeness (QED) is 0.230. The van der Waals surface area contributed by atoms with Crippen molar-refractivity contribution in [2.45, 2.75) is 9.79 Å². The third-order valence-corrected chi connectivity index (χ3v) is 5.26. The molecule has 0 atom stereocenters. The Kier molecular flexibility index (Phi) is 7.14. The van der Waals surface area contributed by atoms with Gasteiger partial charge < -0.3 is 7.96 Å². The van der Waals surface area contributed by atoms with Gasteiger partial charge in [0.1, 0.15) is 10.6 Å². The van der Waals surface area contributed by atoms with Gasteiger partial charge in [0.05, 0.1) is 4.90 Å². The number of rotatable bonds is 2. The van der Waals surface area contributed by atoms with Crippen molar-refractivity contribution in [1.82, 2.24) is 0 Å². The molecule has 0 aromatic heterocycles. The third kappa shape index (κ3) is 4.22. The Bertz CT molecular complexity index is 1180. The van der Waals surface area contributed by atoms with Crippen molar-refractivity contribution in [3.05, 3.63) is 42.5 Å². The van der Waals surface area contributed by atoms with E-state index in [-0.39, 0.29) is 78.1 Å². The van der Waals surface area contributed by atoms with E-state index >= 15 is 0 Å². The van der Waals surface area contributed by atoms with Gasteiger partial charge in [-0.15, -0.1) is 0 Å². The van der Waals surface area contributed by atoms with E-state index in [1.165, 1.54) is 6.07 Å². The second-order valence-corrected chi connectivity index (χ2v) is 7.66. The minimum Gasteiger partial charge on any atom is -1.00 e. The molecule has 11 heteroatoms. The average Bonchev–Trinajstić information content (AvgIpc) is 2.45. The topological polar surface area (TPSA) is 129 Å². The average molecular weight is 402 g/mol. The van der Waals surface area contributed by atoms with Crippen molar-refractivity contribution in [3.63, 3.8) is 0 Å². The number of fused-ring (bicyclic) bond motifs is 3. The summed E-state index contributed by atoms with van der Waals surface area (Å²) in [6.45, 7) is 0. The van der Waals surface area contributed by atoms with Crippen molar-refractivity contribution in [2.24, 2.45) is 0 Å². The van der Waals surface area contributed by atoms with Gasteiger partial charge in [0.25, 0.3) is 20.2 Å². The van der Waals surface area contributed by atoms with E-state index in [2.05, 4.69) is 0 Å². The van der Waals surface area contributed by atoms with Gasteiger partial charge in [-0.2, -0.15) is 16.8 Å². The minimum absolute atomic E-state index is 0. The molecule has 0 saturated heterocycles. The first-order valence-corrected chi connectivity index (χ1v) is 9.11. The van der Waals surface area contributed by atoms with Crippen LogP contribution >= 0.6 is 0 Å². The summed E-state index contributed by atoms with van der Waals surface area (Å²) < 4.78 is 64.4. The Morgan fingerprint density at radius 3 is 1.80 bits per heavy atom. The second kappa shape index (κ2) is 7.81. The Morgan fingerprint density at radius 2 is 1.28 bits per heavy atom. The molecule has 7 nitrogen and oxygen atoms in total. The molecule has 3 aromatic carbocycles. The predicted octanol–water partition coefficient (Wildman–Crippen LogP) is -3.57. The fourth-order valence-electron chi connectivity index (χ4n) is 2.54. The second-order valence-electron chi connectivity index (χ2n) is 4.88. The number of hydrogen-bond donors (Lipinski definition) is 3. The number of benzene rings is 3. The molecule has 0 aliphatic rings. The summed E-state index contributed by atoms with van der Waals surface area (Å²) in [5.74, 6) is -0.629. The van der Waals surface area contributed by atoms with Crippen LogP contribution in [-0.2, 0) is 20.2 Å². The summed E-state index contributed by atoms with van der Waals surface area (Å²) in [5, 5.41) is 10.8. The van der Waals surface area contributed by atoms with Crippen molar-refractivity contribution in [1.29, 1.82) is 0 Å². The number of phenolic OH excluding ortho intramolecular Hbond substituents is 1. The van der Waals surface area contributed by atoms with Crippen LogP contribution in [0.2, 0.25) is 0 Å². The van der Waals surface area contributed by atoms with E-state index < -0.39 is 35.8 Å². The molecule has 25 heavy (non-hydrogen) atoms. The van der Waals surface area contributed by atoms with Crippen molar-refractivity contribution < 1.29 is 93.0 Å². The summed E-state index contributed by atoms with van der Waals surface area (Å²) in [6, 6.07) is 9.33. The summed E-state index contributed by atoms with van der Waals surface area (Å²) in [6.07, 6.45) is 0. The van der Waals surface area contributed by atoms with Gasteiger partial charge in [0, 0.05) is 10.8 Å². The Balaban J connectivity index is 0. The third-order valence-electron chi connectivity index (χ3n) is 3.48. The first kappa shape index (κ1) is 22.8. The van der Waals surface area contributed by atoms with Crippen molar-refractivity contribution in [2.75, 3.05) is 0 Å². The zero-order valence-corrected chi connectivity index (χ0v) is 19.0. The largest absolute Gasteiger partial charge is 1.00 e. The van der Waals surface area contributed by atoms with Crippen LogP contribution in [0.5, 0.6) is 5.75 Å². The van der Waals surface area contributed by atoms with E-state index in [0.717, 1.165) is 18.2 Å². The molecule has 0 fully saturated rings. The van der Waals surface area contributed by atoms with Gasteiger partial charge in [-0.1, -0.05) is 30.3 Å². The molecule has 3 aromatic rings. The van der Waals surface area contributed by atoms with Crippen molar-refractivity contribution >= 4 is 41.8 Å². The van der Waals surface area contributed by atoms with Crippen molar-refractivity contribution in [3.8, 4) is 5.75 Å². The summed E-state index contributed by atoms with van der Waals surface area (Å²) >= 11 is 0. The summed E-state index contributed by atoms with van der Waals surface area (Å²) in [4.78, 5) is -1.14. The standard InChI is InChI=1S/C14H10O7S2.2Na.2H/c15-13-10-4-2-1-3-9(10)12-7-8(22(16,17)18)5-6-11(12)14(13)23(19,20)21;;;;/h1-7,15H,(H,16,17,18)(H,19,20,21);;;;/q;2*+1;2*-1. The molecule has 0 aliphatic heterocycles. The van der Waals surface area contributed by atoms with Crippen LogP contribution in [0.25, 0.3) is 21.5 Å². The summed E-state index contributed by atoms with van der Waals surface area (Å²) in [7, 11) is -9.26. The summed E-state index contributed by atoms with van der Waals surface area (Å²) in [5.41, 5.74) is 0. The molecule has 3 N–H and O–H groups in total. The monoisotopic (exact) mass is 402 g/mol. The smallest absolute Gasteiger partial charge is 1.00 e. The van der Waals surface area contributed by atoms with Gasteiger partial charge in [-0.25, -0.2) is 0 Å². The van der Waals surface area contributed by atoms with Gasteiger partial charge in [-0.05, 0) is 22.9 Å². The molecule has 0 unspecified atom stereocenters. The van der Waals surface area contributed by atoms with Gasteiger partial charge >= 0.3 is 59.1 Å². The predicted molar refractivity (Wildman–Crippen MR) is 85.0 cm³/mol. The molecule has 0 amide bonds. The zero-order valence-electron chi connectivity index (χ0n) is 15.3. The first-order valence-electron chi connectivity index (χ1n) is 6.23. The Hall–Kier alpha value is -0.200. The molecule has 0 spiro atoms. The van der Waals surface area contributed by atoms with Crippen LogP contribution in [-0.4, -0.2) is 31.0 Å². The maximum Gasteiger partial charge on any atom is 1.00 e. The maximum absolute atomic E-state index is 11.6. The number of phenols is 1. The van der Waals surface area contributed by atoms with Gasteiger partial charge in [0.15, 0.2) is 0 Å². The van der Waals surface area contributed by atoms with E-state index in [4.69, 9.17) is 4.55 Å². The van der Waals surface area contributed by atoms with Gasteiger partial charge in [0.2, 0.25) is 0 Å². The van der Waals surface area contributed by atoms with E-state index in [1.54, 1.807) is 18.2 Å². The molecule has 0 aliphatic carbocycles. The Morgan fingerprint density at radius 1 is 0.720 bits per heavy atom. The SMILES string of the molecule is O=S(=O)(O)c1ccc2c(S(=O)(=O)O)c(O)c3ccccc3c2c1.[H-].[H-].[Na+].[Na+]. The van der Waals surface area contributed by atoms with Gasteiger partial charge in [-0.3, -0.25) is 9.11 Å². The van der Waals surface area contributed by atoms with Crippen LogP contribution in [0.15, 0.2) is 52.3 Å². The van der Waals surface area contributed by atoms with Crippen LogP contribution in [0.4, 0.5) is 0 Å². The molecular weight excluding hydrogens is 390 g/mol. The fraction of sp³-hybridized carbons (Fsp3) is 0. The molecule has 124 valence electrons. The van der Waals surface area contributed by atoms with Crippen LogP contribution in [0, 0.1) is 0 Å². The molecule has 3 rings (SSSR count). The fourth-order valence-corrected chi connectivity index (χ4v) is 3.86. The molecule has 0 radical (unpaired) electrons. The minimum atomic E-state index is -4.76. The number of aromatic hydroxyl groups is 1. The van der Waals surface area contributed by atoms with Crippen LogP contribution in [0.1, 0.15) is 2.85 Å². The zero-order chi connectivity index (χ0) is 17.0. The van der Waals surface area contributed by atoms with E-state index in [0.29, 0.717) is 5.39 Å². The van der Waals surface area contributed by atoms with E-state index in [9.17, 15) is 26.5 Å². The van der Waals surface area contributed by atoms with Crippen LogP contribution in [0.3, 0.4) is 0 Å². The first-order chi connectivity index (χ1) is 10.6. The number of hydrogen-bond acceptors (Lipinski definition) is 5. The molecular formula is C14H12Na2O7S2. The molecule has 0 saturated carbocycles. The molecule has 0 heterocycles. The van der Waals surface area contributed by atoms with Crippen LogP contribution < -0.4 is 59.1 Å². The molecule has 0 bridgehead atoms. The Labute approximate surface area is 191 Å². The normalized spacial score (nSPS) is 11.8. The maximum atomic E-state index is 11.6.